The van der Waals surface area contributed by atoms with Gasteiger partial charge < -0.3 is 4.52 Å². The monoisotopic (exact) mass is 443 g/mol. The maximum atomic E-state index is 14.0. The Kier molecular flexibility index (Phi) is 5.54. The quantitative estimate of drug-likeness (QED) is 0.346. The topological polar surface area (TPSA) is 46.6 Å². The van der Waals surface area contributed by atoms with Crippen LogP contribution in [0.15, 0.2) is 60.7 Å². The zero-order chi connectivity index (χ0) is 21.5. The molecular weight excluding hydrogens is 424 g/mol. The van der Waals surface area contributed by atoms with E-state index in [1.54, 1.807) is 22.9 Å². The standard InChI is InChI=1S/C23H20ClFNO3P/c1-3-26(4-2)30(28,16-11-9-15(25)10-12-16)29-22-14-20-19(13-21(22)24)17-7-5-6-8-18(17)23(20)27/h5-14H,3-4H2,1-2H3. The van der Waals surface area contributed by atoms with E-state index in [4.69, 9.17) is 16.1 Å². The first-order valence-electron chi connectivity index (χ1n) is 9.68. The number of rotatable bonds is 6. The largest absolute Gasteiger partial charge is 0.428 e. The average Bonchev–Trinajstić information content (AvgIpc) is 3.01. The van der Waals surface area contributed by atoms with Gasteiger partial charge in [0, 0.05) is 24.2 Å². The molecule has 0 N–H and O–H groups in total. The van der Waals surface area contributed by atoms with Crippen LogP contribution in [-0.2, 0) is 4.57 Å². The summed E-state index contributed by atoms with van der Waals surface area (Å²) in [6.45, 7) is 4.65. The lowest BCUT2D eigenvalue weighted by molar-refractivity contribution is 0.104. The molecule has 7 heteroatoms. The zero-order valence-corrected chi connectivity index (χ0v) is 18.2. The summed E-state index contributed by atoms with van der Waals surface area (Å²) in [5.41, 5.74) is 2.61. The first kappa shape index (κ1) is 20.8. The lowest BCUT2D eigenvalue weighted by atomic mass is 10.1. The molecular formula is C23H20ClFNO3P. The van der Waals surface area contributed by atoms with E-state index in [-0.39, 0.29) is 16.6 Å². The molecule has 0 fully saturated rings. The summed E-state index contributed by atoms with van der Waals surface area (Å²) in [5.74, 6) is -0.388. The highest BCUT2D eigenvalue weighted by Gasteiger charge is 2.36. The van der Waals surface area contributed by atoms with Gasteiger partial charge in [-0.1, -0.05) is 49.7 Å². The van der Waals surface area contributed by atoms with Gasteiger partial charge in [-0.25, -0.2) is 9.06 Å². The Hall–Kier alpha value is -2.46. The number of fused-ring (bicyclic) bond motifs is 3. The van der Waals surface area contributed by atoms with Crippen molar-refractivity contribution in [1.29, 1.82) is 0 Å². The molecule has 0 amide bonds. The van der Waals surface area contributed by atoms with Crippen molar-refractivity contribution < 1.29 is 18.3 Å². The van der Waals surface area contributed by atoms with Crippen LogP contribution < -0.4 is 9.83 Å². The summed E-state index contributed by atoms with van der Waals surface area (Å²) in [6, 6.07) is 16.0. The first-order chi connectivity index (χ1) is 14.4. The molecule has 3 aromatic rings. The minimum atomic E-state index is -3.60. The van der Waals surface area contributed by atoms with Crippen molar-refractivity contribution in [2.24, 2.45) is 0 Å². The molecule has 4 nitrogen and oxygen atoms in total. The van der Waals surface area contributed by atoms with Crippen LogP contribution in [-0.4, -0.2) is 23.5 Å². The Morgan fingerprint density at radius 3 is 2.20 bits per heavy atom. The van der Waals surface area contributed by atoms with E-state index in [2.05, 4.69) is 0 Å². The number of halogens is 2. The van der Waals surface area contributed by atoms with E-state index in [0.29, 0.717) is 29.5 Å². The molecule has 0 heterocycles. The molecule has 1 atom stereocenters. The van der Waals surface area contributed by atoms with Crippen molar-refractivity contribution in [3.05, 3.63) is 82.6 Å². The molecule has 1 unspecified atom stereocenters. The number of benzene rings is 3. The third kappa shape index (κ3) is 3.37. The van der Waals surface area contributed by atoms with Crippen LogP contribution in [0.5, 0.6) is 5.75 Å². The van der Waals surface area contributed by atoms with Crippen molar-refractivity contribution in [3.63, 3.8) is 0 Å². The molecule has 0 radical (unpaired) electrons. The number of nitrogens with zero attached hydrogens (tertiary/aromatic N) is 1. The highest BCUT2D eigenvalue weighted by atomic mass is 35.5. The molecule has 0 spiro atoms. The number of ketones is 1. The van der Waals surface area contributed by atoms with E-state index in [9.17, 15) is 13.8 Å². The number of carbonyl (C=O) groups excluding carboxylic acids is 1. The predicted molar refractivity (Wildman–Crippen MR) is 118 cm³/mol. The Morgan fingerprint density at radius 1 is 0.933 bits per heavy atom. The summed E-state index contributed by atoms with van der Waals surface area (Å²) < 4.78 is 35.2. The summed E-state index contributed by atoms with van der Waals surface area (Å²) in [6.07, 6.45) is 0. The number of carbonyl (C=O) groups is 1. The molecule has 0 bridgehead atoms. The maximum absolute atomic E-state index is 14.0. The summed E-state index contributed by atoms with van der Waals surface area (Å²) in [5, 5.41) is 0.617. The molecule has 3 aromatic carbocycles. The average molecular weight is 444 g/mol. The van der Waals surface area contributed by atoms with Gasteiger partial charge in [-0.05, 0) is 47.5 Å². The minimum absolute atomic E-state index is 0.124. The third-order valence-electron chi connectivity index (χ3n) is 5.26. The first-order valence-corrected chi connectivity index (χ1v) is 11.6. The van der Waals surface area contributed by atoms with E-state index < -0.39 is 13.3 Å². The van der Waals surface area contributed by atoms with Gasteiger partial charge >= 0.3 is 7.52 Å². The van der Waals surface area contributed by atoms with E-state index in [1.165, 1.54) is 24.3 Å². The molecule has 154 valence electrons. The molecule has 0 aliphatic heterocycles. The van der Waals surface area contributed by atoms with Gasteiger partial charge in [0.2, 0.25) is 0 Å². The maximum Gasteiger partial charge on any atom is 0.349 e. The Balaban J connectivity index is 1.81. The molecule has 1 aliphatic carbocycles. The highest BCUT2D eigenvalue weighted by Crippen LogP contribution is 2.52. The van der Waals surface area contributed by atoms with Crippen LogP contribution in [0.1, 0.15) is 29.8 Å². The fourth-order valence-corrected chi connectivity index (χ4v) is 6.22. The van der Waals surface area contributed by atoms with Gasteiger partial charge in [-0.3, -0.25) is 9.36 Å². The van der Waals surface area contributed by atoms with E-state index in [1.807, 2.05) is 32.0 Å². The van der Waals surface area contributed by atoms with E-state index >= 15 is 0 Å². The molecule has 0 saturated carbocycles. The van der Waals surface area contributed by atoms with Crippen LogP contribution in [0.4, 0.5) is 4.39 Å². The zero-order valence-electron chi connectivity index (χ0n) is 16.6. The van der Waals surface area contributed by atoms with Gasteiger partial charge in [0.15, 0.2) is 5.78 Å². The fraction of sp³-hybridized carbons (Fsp3) is 0.174. The van der Waals surface area contributed by atoms with Crippen molar-refractivity contribution in [2.45, 2.75) is 13.8 Å². The van der Waals surface area contributed by atoms with Crippen molar-refractivity contribution in [2.75, 3.05) is 13.1 Å². The van der Waals surface area contributed by atoms with Gasteiger partial charge in [-0.2, -0.15) is 0 Å². The second-order valence-corrected chi connectivity index (χ2v) is 9.64. The lowest BCUT2D eigenvalue weighted by Crippen LogP contribution is -2.29. The van der Waals surface area contributed by atoms with Crippen molar-refractivity contribution in [3.8, 4) is 16.9 Å². The fourth-order valence-electron chi connectivity index (χ4n) is 3.73. The number of hydrogen-bond acceptors (Lipinski definition) is 3. The second kappa shape index (κ2) is 7.99. The third-order valence-corrected chi connectivity index (χ3v) is 8.26. The molecule has 1 aliphatic rings. The minimum Gasteiger partial charge on any atom is -0.428 e. The van der Waals surface area contributed by atoms with Crippen LogP contribution >= 0.6 is 19.1 Å². The molecule has 0 saturated heterocycles. The Labute approximate surface area is 179 Å². The van der Waals surface area contributed by atoms with Crippen molar-refractivity contribution in [1.82, 2.24) is 4.67 Å². The predicted octanol–water partition coefficient (Wildman–Crippen LogP) is 5.93. The molecule has 30 heavy (non-hydrogen) atoms. The summed E-state index contributed by atoms with van der Waals surface area (Å²) in [7, 11) is -3.60. The van der Waals surface area contributed by atoms with E-state index in [0.717, 1.165) is 11.1 Å². The lowest BCUT2D eigenvalue weighted by Gasteiger charge is -2.30. The Morgan fingerprint density at radius 2 is 1.57 bits per heavy atom. The van der Waals surface area contributed by atoms with Gasteiger partial charge in [0.25, 0.3) is 0 Å². The number of hydrogen-bond donors (Lipinski definition) is 0. The summed E-state index contributed by atoms with van der Waals surface area (Å²) >= 11 is 6.50. The Bertz CT molecular complexity index is 1180. The smallest absolute Gasteiger partial charge is 0.349 e. The van der Waals surface area contributed by atoms with Crippen LogP contribution in [0.3, 0.4) is 0 Å². The van der Waals surface area contributed by atoms with Crippen LogP contribution in [0.25, 0.3) is 11.1 Å². The van der Waals surface area contributed by atoms with Gasteiger partial charge in [-0.15, -0.1) is 0 Å². The SMILES string of the molecule is CCN(CC)P(=O)(Oc1cc2c(cc1Cl)-c1ccccc1C2=O)c1ccc(F)cc1. The highest BCUT2D eigenvalue weighted by molar-refractivity contribution is 7.65. The van der Waals surface area contributed by atoms with Crippen LogP contribution in [0.2, 0.25) is 5.02 Å². The molecule has 0 aromatic heterocycles. The summed E-state index contributed by atoms with van der Waals surface area (Å²) in [4.78, 5) is 12.9. The van der Waals surface area contributed by atoms with Crippen LogP contribution in [0, 0.1) is 5.82 Å². The van der Waals surface area contributed by atoms with Gasteiger partial charge in [0.05, 0.1) is 10.3 Å². The molecule has 4 rings (SSSR count). The van der Waals surface area contributed by atoms with Crippen molar-refractivity contribution >= 4 is 30.2 Å². The normalized spacial score (nSPS) is 14.4. The second-order valence-electron chi connectivity index (χ2n) is 6.93. The van der Waals surface area contributed by atoms with Gasteiger partial charge in [0.1, 0.15) is 11.6 Å².